The van der Waals surface area contributed by atoms with Gasteiger partial charge in [-0.3, -0.25) is 0 Å². The summed E-state index contributed by atoms with van der Waals surface area (Å²) in [6, 6.07) is 3.68. The standard InChI is InChI=1S/C8H9N3O/c1-5-10-8-7(12-5)3-2-6(4-9)11-8/h2-3H,4,9H2,1H3. The summed E-state index contributed by atoms with van der Waals surface area (Å²) in [7, 11) is 0. The molecule has 2 heterocycles. The topological polar surface area (TPSA) is 64.9 Å². The van der Waals surface area contributed by atoms with E-state index in [1.54, 1.807) is 6.92 Å². The van der Waals surface area contributed by atoms with E-state index in [1.165, 1.54) is 0 Å². The van der Waals surface area contributed by atoms with Gasteiger partial charge in [-0.15, -0.1) is 0 Å². The monoisotopic (exact) mass is 163 g/mol. The summed E-state index contributed by atoms with van der Waals surface area (Å²) in [6.45, 7) is 2.23. The van der Waals surface area contributed by atoms with Crippen LogP contribution < -0.4 is 5.73 Å². The molecule has 0 amide bonds. The van der Waals surface area contributed by atoms with Crippen LogP contribution in [0.15, 0.2) is 16.5 Å². The summed E-state index contributed by atoms with van der Waals surface area (Å²) in [5.74, 6) is 0.631. The number of nitrogens with two attached hydrogens (primary N) is 1. The summed E-state index contributed by atoms with van der Waals surface area (Å²) < 4.78 is 5.25. The first-order valence-electron chi connectivity index (χ1n) is 3.73. The van der Waals surface area contributed by atoms with Gasteiger partial charge < -0.3 is 10.2 Å². The van der Waals surface area contributed by atoms with Gasteiger partial charge in [0, 0.05) is 13.5 Å². The number of rotatable bonds is 1. The van der Waals surface area contributed by atoms with E-state index in [9.17, 15) is 0 Å². The van der Waals surface area contributed by atoms with E-state index >= 15 is 0 Å². The van der Waals surface area contributed by atoms with Crippen molar-refractivity contribution in [2.45, 2.75) is 13.5 Å². The van der Waals surface area contributed by atoms with E-state index in [0.29, 0.717) is 23.7 Å². The molecule has 2 rings (SSSR count). The van der Waals surface area contributed by atoms with Crippen LogP contribution in [0.1, 0.15) is 11.6 Å². The number of hydrogen-bond acceptors (Lipinski definition) is 4. The molecule has 2 aromatic heterocycles. The molecule has 0 saturated carbocycles. The van der Waals surface area contributed by atoms with Gasteiger partial charge >= 0.3 is 0 Å². The van der Waals surface area contributed by atoms with Crippen LogP contribution in [0.3, 0.4) is 0 Å². The summed E-state index contributed by atoms with van der Waals surface area (Å²) in [5, 5.41) is 0. The van der Waals surface area contributed by atoms with Crippen molar-refractivity contribution in [2.75, 3.05) is 0 Å². The van der Waals surface area contributed by atoms with Crippen LogP contribution in [0.2, 0.25) is 0 Å². The second kappa shape index (κ2) is 2.57. The average Bonchev–Trinajstić information content (AvgIpc) is 2.43. The first-order valence-corrected chi connectivity index (χ1v) is 3.73. The molecule has 0 radical (unpaired) electrons. The lowest BCUT2D eigenvalue weighted by Gasteiger charge is -1.91. The van der Waals surface area contributed by atoms with Crippen molar-refractivity contribution in [3.8, 4) is 0 Å². The van der Waals surface area contributed by atoms with E-state index in [0.717, 1.165) is 5.69 Å². The first-order chi connectivity index (χ1) is 5.79. The van der Waals surface area contributed by atoms with Gasteiger partial charge in [-0.05, 0) is 12.1 Å². The smallest absolute Gasteiger partial charge is 0.199 e. The predicted molar refractivity (Wildman–Crippen MR) is 44.4 cm³/mol. The molecule has 4 heteroatoms. The number of hydrogen-bond donors (Lipinski definition) is 1. The maximum Gasteiger partial charge on any atom is 0.199 e. The fourth-order valence-corrected chi connectivity index (χ4v) is 1.08. The molecule has 0 aliphatic carbocycles. The first kappa shape index (κ1) is 7.24. The Morgan fingerprint density at radius 2 is 2.25 bits per heavy atom. The summed E-state index contributed by atoms with van der Waals surface area (Å²) in [5.41, 5.74) is 7.60. The Balaban J connectivity index is 2.66. The SMILES string of the molecule is Cc1nc2nc(CN)ccc2o1. The molecule has 0 aromatic carbocycles. The molecule has 0 fully saturated rings. The van der Waals surface area contributed by atoms with Crippen LogP contribution in [-0.4, -0.2) is 9.97 Å². The van der Waals surface area contributed by atoms with Gasteiger partial charge in [0.05, 0.1) is 5.69 Å². The number of aromatic nitrogens is 2. The Hall–Kier alpha value is -1.42. The van der Waals surface area contributed by atoms with Crippen molar-refractivity contribution in [2.24, 2.45) is 5.73 Å². The van der Waals surface area contributed by atoms with Gasteiger partial charge in [0.2, 0.25) is 0 Å². The highest BCUT2D eigenvalue weighted by Crippen LogP contribution is 2.12. The van der Waals surface area contributed by atoms with Crippen molar-refractivity contribution in [1.82, 2.24) is 9.97 Å². The van der Waals surface area contributed by atoms with Gasteiger partial charge in [0.1, 0.15) is 0 Å². The average molecular weight is 163 g/mol. The van der Waals surface area contributed by atoms with Crippen molar-refractivity contribution in [1.29, 1.82) is 0 Å². The molecule has 0 spiro atoms. The molecule has 4 nitrogen and oxygen atoms in total. The predicted octanol–water partition coefficient (Wildman–Crippen LogP) is 0.990. The van der Waals surface area contributed by atoms with Crippen molar-refractivity contribution >= 4 is 11.2 Å². The lowest BCUT2D eigenvalue weighted by molar-refractivity contribution is 0.561. The number of fused-ring (bicyclic) bond motifs is 1. The molecule has 0 bridgehead atoms. The molecule has 12 heavy (non-hydrogen) atoms. The van der Waals surface area contributed by atoms with Crippen LogP contribution in [0.25, 0.3) is 11.2 Å². The normalized spacial score (nSPS) is 10.8. The Morgan fingerprint density at radius 1 is 1.42 bits per heavy atom. The maximum absolute atomic E-state index is 5.43. The fraction of sp³-hybridized carbons (Fsp3) is 0.250. The molecule has 0 aliphatic heterocycles. The van der Waals surface area contributed by atoms with Gasteiger partial charge in [0.15, 0.2) is 17.1 Å². The molecule has 0 aliphatic rings. The summed E-state index contributed by atoms with van der Waals surface area (Å²) in [6.07, 6.45) is 0. The molecular weight excluding hydrogens is 154 g/mol. The Morgan fingerprint density at radius 3 is 3.00 bits per heavy atom. The minimum absolute atomic E-state index is 0.432. The Bertz CT molecular complexity index is 408. The Kier molecular flexibility index (Phi) is 1.55. The van der Waals surface area contributed by atoms with E-state index in [4.69, 9.17) is 10.2 Å². The highest BCUT2D eigenvalue weighted by atomic mass is 16.3. The van der Waals surface area contributed by atoms with Crippen LogP contribution in [0.5, 0.6) is 0 Å². The zero-order valence-electron chi connectivity index (χ0n) is 6.74. The molecule has 2 aromatic rings. The number of nitrogens with zero attached hydrogens (tertiary/aromatic N) is 2. The van der Waals surface area contributed by atoms with E-state index < -0.39 is 0 Å². The van der Waals surface area contributed by atoms with Crippen LogP contribution >= 0.6 is 0 Å². The fourth-order valence-electron chi connectivity index (χ4n) is 1.08. The summed E-state index contributed by atoms with van der Waals surface area (Å²) in [4.78, 5) is 8.27. The minimum atomic E-state index is 0.432. The molecule has 0 atom stereocenters. The van der Waals surface area contributed by atoms with Gasteiger partial charge in [0.25, 0.3) is 0 Å². The second-order valence-corrected chi connectivity index (χ2v) is 2.56. The summed E-state index contributed by atoms with van der Waals surface area (Å²) >= 11 is 0. The lowest BCUT2D eigenvalue weighted by Crippen LogP contribution is -1.98. The van der Waals surface area contributed by atoms with Gasteiger partial charge in [-0.2, -0.15) is 4.98 Å². The van der Waals surface area contributed by atoms with Crippen molar-refractivity contribution < 1.29 is 4.42 Å². The van der Waals surface area contributed by atoms with Gasteiger partial charge in [-0.1, -0.05) is 0 Å². The quantitative estimate of drug-likeness (QED) is 0.680. The Labute approximate surface area is 69.4 Å². The van der Waals surface area contributed by atoms with E-state index in [1.807, 2.05) is 12.1 Å². The maximum atomic E-state index is 5.43. The molecular formula is C8H9N3O. The number of oxazole rings is 1. The zero-order chi connectivity index (χ0) is 8.55. The highest BCUT2D eigenvalue weighted by molar-refractivity contribution is 5.67. The van der Waals surface area contributed by atoms with E-state index in [-0.39, 0.29) is 0 Å². The van der Waals surface area contributed by atoms with Crippen molar-refractivity contribution in [3.63, 3.8) is 0 Å². The lowest BCUT2D eigenvalue weighted by atomic mass is 10.3. The van der Waals surface area contributed by atoms with E-state index in [2.05, 4.69) is 9.97 Å². The number of aryl methyl sites for hydroxylation is 1. The second-order valence-electron chi connectivity index (χ2n) is 2.56. The number of pyridine rings is 1. The zero-order valence-corrected chi connectivity index (χ0v) is 6.74. The molecule has 2 N–H and O–H groups in total. The van der Waals surface area contributed by atoms with Gasteiger partial charge in [-0.25, -0.2) is 4.98 Å². The molecule has 0 unspecified atom stereocenters. The third kappa shape index (κ3) is 1.06. The molecule has 62 valence electrons. The third-order valence-corrected chi connectivity index (χ3v) is 1.63. The van der Waals surface area contributed by atoms with Crippen LogP contribution in [0, 0.1) is 6.92 Å². The minimum Gasteiger partial charge on any atom is -0.439 e. The van der Waals surface area contributed by atoms with Crippen molar-refractivity contribution in [3.05, 3.63) is 23.7 Å². The van der Waals surface area contributed by atoms with Crippen LogP contribution in [-0.2, 0) is 6.54 Å². The largest absolute Gasteiger partial charge is 0.439 e. The highest BCUT2D eigenvalue weighted by Gasteiger charge is 2.02. The third-order valence-electron chi connectivity index (χ3n) is 1.63. The van der Waals surface area contributed by atoms with Crippen LogP contribution in [0.4, 0.5) is 0 Å². The molecule has 0 saturated heterocycles.